The minimum absolute atomic E-state index is 0.124. The fourth-order valence-corrected chi connectivity index (χ4v) is 2.98. The van der Waals surface area contributed by atoms with Crippen LogP contribution in [0, 0.1) is 11.3 Å². The molecule has 0 spiro atoms. The molecule has 1 aliphatic rings. The van der Waals surface area contributed by atoms with Gasteiger partial charge in [0.25, 0.3) is 5.91 Å². The van der Waals surface area contributed by atoms with Crippen LogP contribution in [-0.4, -0.2) is 19.1 Å². The van der Waals surface area contributed by atoms with E-state index in [9.17, 15) is 10.1 Å². The molecule has 4 nitrogen and oxygen atoms in total. The molecule has 0 radical (unpaired) electrons. The Morgan fingerprint density at radius 3 is 2.76 bits per heavy atom. The normalized spacial score (nSPS) is 15.6. The number of ether oxygens (including phenoxy) is 1. The van der Waals surface area contributed by atoms with Crippen molar-refractivity contribution in [2.75, 3.05) is 7.11 Å². The summed E-state index contributed by atoms with van der Waals surface area (Å²) in [5.74, 6) is 0.414. The summed E-state index contributed by atoms with van der Waals surface area (Å²) in [6.45, 7) is 0. The van der Waals surface area contributed by atoms with Gasteiger partial charge in [0, 0.05) is 6.04 Å². The quantitative estimate of drug-likeness (QED) is 0.669. The lowest BCUT2D eigenvalue weighted by Gasteiger charge is -2.11. The highest BCUT2D eigenvalue weighted by atomic mass is 79.9. The third-order valence-electron chi connectivity index (χ3n) is 3.54. The van der Waals surface area contributed by atoms with Gasteiger partial charge in [-0.2, -0.15) is 5.26 Å². The van der Waals surface area contributed by atoms with E-state index in [1.54, 1.807) is 19.3 Å². The lowest BCUT2D eigenvalue weighted by Crippen LogP contribution is -2.33. The Bertz CT molecular complexity index is 599. The number of amides is 1. The zero-order chi connectivity index (χ0) is 15.2. The lowest BCUT2D eigenvalue weighted by atomic mass is 10.1. The van der Waals surface area contributed by atoms with Gasteiger partial charge in [-0.15, -0.1) is 0 Å². The van der Waals surface area contributed by atoms with E-state index in [0.29, 0.717) is 5.75 Å². The number of halogens is 1. The molecule has 0 aromatic heterocycles. The van der Waals surface area contributed by atoms with Crippen LogP contribution in [0.1, 0.15) is 31.2 Å². The van der Waals surface area contributed by atoms with Gasteiger partial charge in [0.15, 0.2) is 0 Å². The number of benzene rings is 1. The summed E-state index contributed by atoms with van der Waals surface area (Å²) in [6.07, 6.45) is 5.87. The minimum atomic E-state index is -0.295. The van der Waals surface area contributed by atoms with Crippen LogP contribution in [0.15, 0.2) is 28.2 Å². The molecular formula is C16H17BrN2O2. The van der Waals surface area contributed by atoms with Gasteiger partial charge in [-0.3, -0.25) is 4.79 Å². The standard InChI is InChI=1S/C16H17BrN2O2/c1-21-15-7-6-11(9-14(15)17)8-12(10-18)16(20)19-13-4-2-3-5-13/h6-9,13H,2-5H2,1H3,(H,19,20)/b12-8-. The van der Waals surface area contributed by atoms with Gasteiger partial charge in [-0.25, -0.2) is 0 Å². The number of nitrogens with one attached hydrogen (secondary N) is 1. The molecule has 110 valence electrons. The summed E-state index contributed by atoms with van der Waals surface area (Å²) in [7, 11) is 1.59. The number of rotatable bonds is 4. The fourth-order valence-electron chi connectivity index (χ4n) is 2.42. The number of carbonyl (C=O) groups is 1. The highest BCUT2D eigenvalue weighted by molar-refractivity contribution is 9.10. The molecular weight excluding hydrogens is 332 g/mol. The van der Waals surface area contributed by atoms with Crippen molar-refractivity contribution in [2.45, 2.75) is 31.7 Å². The molecule has 1 aliphatic carbocycles. The Balaban J connectivity index is 2.14. The Labute approximate surface area is 132 Å². The molecule has 0 bridgehead atoms. The maximum atomic E-state index is 12.1. The van der Waals surface area contributed by atoms with Gasteiger partial charge in [0.1, 0.15) is 17.4 Å². The summed E-state index contributed by atoms with van der Waals surface area (Å²) < 4.78 is 5.94. The number of hydrogen-bond donors (Lipinski definition) is 1. The number of nitrogens with zero attached hydrogens (tertiary/aromatic N) is 1. The first-order valence-corrected chi connectivity index (χ1v) is 7.69. The van der Waals surface area contributed by atoms with Gasteiger partial charge >= 0.3 is 0 Å². The van der Waals surface area contributed by atoms with Gasteiger partial charge in [-0.1, -0.05) is 18.9 Å². The van der Waals surface area contributed by atoms with Crippen molar-refractivity contribution in [3.05, 3.63) is 33.8 Å². The average Bonchev–Trinajstić information content (AvgIpc) is 2.97. The third-order valence-corrected chi connectivity index (χ3v) is 4.16. The maximum absolute atomic E-state index is 12.1. The van der Waals surface area contributed by atoms with E-state index in [1.807, 2.05) is 18.2 Å². The van der Waals surface area contributed by atoms with Crippen LogP contribution in [0.4, 0.5) is 0 Å². The lowest BCUT2D eigenvalue weighted by molar-refractivity contribution is -0.117. The van der Waals surface area contributed by atoms with Gasteiger partial charge in [-0.05, 0) is 52.5 Å². The second-order valence-electron chi connectivity index (χ2n) is 5.02. The van der Waals surface area contributed by atoms with E-state index in [4.69, 9.17) is 4.74 Å². The second-order valence-corrected chi connectivity index (χ2v) is 5.87. The summed E-state index contributed by atoms with van der Waals surface area (Å²) in [6, 6.07) is 7.60. The van der Waals surface area contributed by atoms with Crippen molar-refractivity contribution < 1.29 is 9.53 Å². The fraction of sp³-hybridized carbons (Fsp3) is 0.375. The van der Waals surface area contributed by atoms with Crippen molar-refractivity contribution in [3.8, 4) is 11.8 Å². The molecule has 2 rings (SSSR count). The number of carbonyl (C=O) groups excluding carboxylic acids is 1. The minimum Gasteiger partial charge on any atom is -0.496 e. The predicted molar refractivity (Wildman–Crippen MR) is 84.7 cm³/mol. The molecule has 1 saturated carbocycles. The van der Waals surface area contributed by atoms with Crippen LogP contribution in [0.3, 0.4) is 0 Å². The Morgan fingerprint density at radius 1 is 1.48 bits per heavy atom. The Kier molecular flexibility index (Phi) is 5.40. The summed E-state index contributed by atoms with van der Waals surface area (Å²) in [4.78, 5) is 12.1. The van der Waals surface area contributed by atoms with Crippen LogP contribution in [-0.2, 0) is 4.79 Å². The molecule has 1 aromatic carbocycles. The zero-order valence-electron chi connectivity index (χ0n) is 11.9. The number of methoxy groups -OCH3 is 1. The smallest absolute Gasteiger partial charge is 0.262 e. The first-order valence-electron chi connectivity index (χ1n) is 6.90. The SMILES string of the molecule is COc1ccc(/C=C(/C#N)C(=O)NC2CCCC2)cc1Br. The van der Waals surface area contributed by atoms with Crippen molar-refractivity contribution in [1.29, 1.82) is 5.26 Å². The predicted octanol–water partition coefficient (Wildman–Crippen LogP) is 3.42. The molecule has 1 aromatic rings. The van der Waals surface area contributed by atoms with Crippen molar-refractivity contribution in [1.82, 2.24) is 5.32 Å². The first kappa shape index (κ1) is 15.6. The Hall–Kier alpha value is -1.80. The van der Waals surface area contributed by atoms with E-state index >= 15 is 0 Å². The number of nitriles is 1. The largest absolute Gasteiger partial charge is 0.496 e. The highest BCUT2D eigenvalue weighted by Crippen LogP contribution is 2.26. The molecule has 5 heteroatoms. The molecule has 1 fully saturated rings. The second kappa shape index (κ2) is 7.28. The Morgan fingerprint density at radius 2 is 2.19 bits per heavy atom. The van der Waals surface area contributed by atoms with E-state index in [2.05, 4.69) is 21.2 Å². The molecule has 0 aliphatic heterocycles. The van der Waals surface area contributed by atoms with E-state index < -0.39 is 0 Å². The monoisotopic (exact) mass is 348 g/mol. The van der Waals surface area contributed by atoms with Crippen LogP contribution < -0.4 is 10.1 Å². The summed E-state index contributed by atoms with van der Waals surface area (Å²) in [5.41, 5.74) is 0.903. The van der Waals surface area contributed by atoms with Crippen molar-refractivity contribution in [2.24, 2.45) is 0 Å². The highest BCUT2D eigenvalue weighted by Gasteiger charge is 2.19. The van der Waals surface area contributed by atoms with Crippen molar-refractivity contribution >= 4 is 27.9 Å². The third kappa shape index (κ3) is 4.08. The van der Waals surface area contributed by atoms with Gasteiger partial charge in [0.2, 0.25) is 0 Å². The molecule has 1 N–H and O–H groups in total. The molecule has 0 unspecified atom stereocenters. The topological polar surface area (TPSA) is 62.1 Å². The van der Waals surface area contributed by atoms with Gasteiger partial charge in [0.05, 0.1) is 11.6 Å². The molecule has 0 saturated heterocycles. The first-order chi connectivity index (χ1) is 10.1. The molecule has 0 heterocycles. The molecule has 0 atom stereocenters. The van der Waals surface area contributed by atoms with Crippen LogP contribution in [0.5, 0.6) is 5.75 Å². The molecule has 21 heavy (non-hydrogen) atoms. The van der Waals surface area contributed by atoms with E-state index in [-0.39, 0.29) is 17.5 Å². The summed E-state index contributed by atoms with van der Waals surface area (Å²) >= 11 is 3.39. The average molecular weight is 349 g/mol. The van der Waals surface area contributed by atoms with Gasteiger partial charge < -0.3 is 10.1 Å². The van der Waals surface area contributed by atoms with Crippen molar-refractivity contribution in [3.63, 3.8) is 0 Å². The summed E-state index contributed by atoms with van der Waals surface area (Å²) in [5, 5.41) is 12.1. The van der Waals surface area contributed by atoms with Crippen LogP contribution in [0.25, 0.3) is 6.08 Å². The number of hydrogen-bond acceptors (Lipinski definition) is 3. The van der Waals surface area contributed by atoms with Crippen LogP contribution >= 0.6 is 15.9 Å². The van der Waals surface area contributed by atoms with Crippen LogP contribution in [0.2, 0.25) is 0 Å². The van der Waals surface area contributed by atoms with E-state index in [1.165, 1.54) is 0 Å². The maximum Gasteiger partial charge on any atom is 0.262 e. The zero-order valence-corrected chi connectivity index (χ0v) is 13.4. The van der Waals surface area contributed by atoms with E-state index in [0.717, 1.165) is 35.7 Å². The molecule has 1 amide bonds.